The maximum atomic E-state index is 12.9. The number of rotatable bonds is 7. The third-order valence-electron chi connectivity index (χ3n) is 4.76. The number of carbonyl (C=O) groups excluding carboxylic acids is 1. The Bertz CT molecular complexity index is 572. The summed E-state index contributed by atoms with van der Waals surface area (Å²) in [5, 5.41) is 35.9. The Morgan fingerprint density at radius 1 is 1.48 bits per heavy atom. The molecule has 5 N–H and O–H groups in total. The van der Waals surface area contributed by atoms with E-state index in [1.165, 1.54) is 12.3 Å². The van der Waals surface area contributed by atoms with Crippen LogP contribution in [-0.4, -0.2) is 63.2 Å². The molecule has 0 aromatic carbocycles. The van der Waals surface area contributed by atoms with Gasteiger partial charge in [0.1, 0.15) is 6.10 Å². The molecule has 4 atom stereocenters. The highest BCUT2D eigenvalue weighted by molar-refractivity contribution is 5.76. The predicted molar refractivity (Wildman–Crippen MR) is 89.2 cm³/mol. The first kappa shape index (κ1) is 19.7. The van der Waals surface area contributed by atoms with Crippen molar-refractivity contribution in [2.75, 3.05) is 13.2 Å². The number of aromatic nitrogens is 1. The van der Waals surface area contributed by atoms with Crippen LogP contribution in [0, 0.1) is 5.95 Å². The van der Waals surface area contributed by atoms with Gasteiger partial charge in [-0.15, -0.1) is 0 Å². The van der Waals surface area contributed by atoms with Crippen molar-refractivity contribution in [3.8, 4) is 0 Å². The minimum atomic E-state index is -1.20. The van der Waals surface area contributed by atoms with Crippen LogP contribution in [0.2, 0.25) is 0 Å². The van der Waals surface area contributed by atoms with Gasteiger partial charge in [-0.25, -0.2) is 4.98 Å². The average molecular weight is 355 g/mol. The zero-order chi connectivity index (χ0) is 18.4. The Hall–Kier alpha value is -1.61. The Labute approximate surface area is 146 Å². The summed E-state index contributed by atoms with van der Waals surface area (Å²) in [6.45, 7) is 1.64. The highest BCUT2D eigenvalue weighted by Gasteiger charge is 2.48. The molecule has 2 heterocycles. The maximum Gasteiger partial charge on any atom is 0.220 e. The van der Waals surface area contributed by atoms with Gasteiger partial charge in [-0.2, -0.15) is 4.39 Å². The Balaban J connectivity index is 2.07. The molecule has 25 heavy (non-hydrogen) atoms. The number of amides is 1. The molecule has 0 bridgehead atoms. The topological polar surface area (TPSA) is 115 Å². The molecule has 1 amide bonds. The Morgan fingerprint density at radius 2 is 2.24 bits per heavy atom. The van der Waals surface area contributed by atoms with Gasteiger partial charge >= 0.3 is 0 Å². The number of aliphatic hydroxyl groups is 3. The molecule has 1 aliphatic rings. The molecule has 8 heteroatoms. The van der Waals surface area contributed by atoms with Crippen LogP contribution in [0.4, 0.5) is 4.39 Å². The van der Waals surface area contributed by atoms with Gasteiger partial charge in [0.25, 0.3) is 0 Å². The van der Waals surface area contributed by atoms with Crippen LogP contribution in [0.3, 0.4) is 0 Å². The van der Waals surface area contributed by atoms with E-state index in [0.717, 1.165) is 5.56 Å². The normalized spacial score (nSPS) is 29.4. The lowest BCUT2D eigenvalue weighted by molar-refractivity contribution is -0.131. The largest absolute Gasteiger partial charge is 0.395 e. The van der Waals surface area contributed by atoms with Crippen molar-refractivity contribution in [2.24, 2.45) is 0 Å². The van der Waals surface area contributed by atoms with Crippen molar-refractivity contribution in [3.05, 3.63) is 29.8 Å². The zero-order valence-electron chi connectivity index (χ0n) is 14.3. The smallest absolute Gasteiger partial charge is 0.220 e. The van der Waals surface area contributed by atoms with Crippen molar-refractivity contribution in [3.63, 3.8) is 0 Å². The van der Waals surface area contributed by atoms with Gasteiger partial charge < -0.3 is 26.0 Å². The summed E-state index contributed by atoms with van der Waals surface area (Å²) in [6, 6.07) is 2.30. The molecule has 0 unspecified atom stereocenters. The van der Waals surface area contributed by atoms with Gasteiger partial charge in [-0.1, -0.05) is 13.0 Å². The van der Waals surface area contributed by atoms with Crippen LogP contribution in [0.25, 0.3) is 0 Å². The number of aryl methyl sites for hydroxylation is 1. The molecule has 140 valence electrons. The Kier molecular flexibility index (Phi) is 6.83. The van der Waals surface area contributed by atoms with E-state index >= 15 is 0 Å². The second-order valence-corrected chi connectivity index (χ2v) is 6.51. The molecule has 1 aromatic heterocycles. The summed E-state index contributed by atoms with van der Waals surface area (Å²) in [6.07, 6.45) is 0.945. The molecule has 0 spiro atoms. The lowest BCUT2D eigenvalue weighted by atomic mass is 9.78. The van der Waals surface area contributed by atoms with E-state index < -0.39 is 29.7 Å². The molecule has 1 aromatic rings. The fourth-order valence-corrected chi connectivity index (χ4v) is 3.20. The standard InChI is InChI=1S/C17H26FN3O4/c1-2-14(23)21-17(10-20-12(9-22)15(24)16(17)25)7-3-4-11-5-6-13(18)19-8-11/h5-6,8,12,15-16,20,22,24-25H,2-4,7,9-10H2,1H3,(H,21,23)/t12-,15-,16+,17+/m1/s1. The van der Waals surface area contributed by atoms with E-state index in [-0.39, 0.29) is 25.5 Å². The first-order chi connectivity index (χ1) is 11.9. The number of aliphatic hydroxyl groups excluding tert-OH is 3. The number of nitrogens with zero attached hydrogens (tertiary/aromatic N) is 1. The number of piperidine rings is 1. The molecular weight excluding hydrogens is 329 g/mol. The Morgan fingerprint density at radius 3 is 2.84 bits per heavy atom. The predicted octanol–water partition coefficient (Wildman–Crippen LogP) is -0.506. The van der Waals surface area contributed by atoms with Crippen LogP contribution in [0.5, 0.6) is 0 Å². The minimum Gasteiger partial charge on any atom is -0.395 e. The number of pyridine rings is 1. The number of hydrogen-bond acceptors (Lipinski definition) is 6. The highest BCUT2D eigenvalue weighted by Crippen LogP contribution is 2.26. The van der Waals surface area contributed by atoms with Crippen molar-refractivity contribution in [1.82, 2.24) is 15.6 Å². The summed E-state index contributed by atoms with van der Waals surface area (Å²) in [5.74, 6) is -0.764. The molecule has 1 fully saturated rings. The monoisotopic (exact) mass is 355 g/mol. The third kappa shape index (κ3) is 4.72. The minimum absolute atomic E-state index is 0.223. The van der Waals surface area contributed by atoms with Crippen LogP contribution >= 0.6 is 0 Å². The van der Waals surface area contributed by atoms with Crippen LogP contribution in [0.1, 0.15) is 31.7 Å². The summed E-state index contributed by atoms with van der Waals surface area (Å²) >= 11 is 0. The first-order valence-electron chi connectivity index (χ1n) is 8.53. The van der Waals surface area contributed by atoms with E-state index in [9.17, 15) is 24.5 Å². The molecule has 2 rings (SSSR count). The van der Waals surface area contributed by atoms with Gasteiger partial charge in [-0.05, 0) is 30.9 Å². The molecule has 7 nitrogen and oxygen atoms in total. The fraction of sp³-hybridized carbons (Fsp3) is 0.647. The van der Waals surface area contributed by atoms with Crippen molar-refractivity contribution in [1.29, 1.82) is 0 Å². The number of carbonyl (C=O) groups is 1. The average Bonchev–Trinajstić information content (AvgIpc) is 2.61. The van der Waals surface area contributed by atoms with Crippen molar-refractivity contribution >= 4 is 5.91 Å². The SMILES string of the molecule is CCC(=O)N[C@@]1(CCCc2ccc(F)nc2)CN[C@H](CO)[C@@H](O)[C@@H]1O. The zero-order valence-corrected chi connectivity index (χ0v) is 14.3. The van der Waals surface area contributed by atoms with Crippen molar-refractivity contribution in [2.45, 2.75) is 56.4 Å². The summed E-state index contributed by atoms with van der Waals surface area (Å²) < 4.78 is 12.9. The summed E-state index contributed by atoms with van der Waals surface area (Å²) in [4.78, 5) is 15.5. The lowest BCUT2D eigenvalue weighted by Crippen LogP contribution is -2.73. The molecule has 0 aliphatic carbocycles. The first-order valence-corrected chi connectivity index (χ1v) is 8.53. The second-order valence-electron chi connectivity index (χ2n) is 6.51. The van der Waals surface area contributed by atoms with Gasteiger partial charge in [0.15, 0.2) is 0 Å². The number of hydrogen-bond donors (Lipinski definition) is 5. The molecular formula is C17H26FN3O4. The van der Waals surface area contributed by atoms with E-state index in [1.807, 2.05) is 0 Å². The lowest BCUT2D eigenvalue weighted by Gasteiger charge is -2.47. The van der Waals surface area contributed by atoms with Crippen LogP contribution in [0.15, 0.2) is 18.3 Å². The molecule has 0 radical (unpaired) electrons. The highest BCUT2D eigenvalue weighted by atomic mass is 19.1. The van der Waals surface area contributed by atoms with Crippen LogP contribution in [-0.2, 0) is 11.2 Å². The summed E-state index contributed by atoms with van der Waals surface area (Å²) in [7, 11) is 0. The third-order valence-corrected chi connectivity index (χ3v) is 4.76. The van der Waals surface area contributed by atoms with E-state index in [1.54, 1.807) is 13.0 Å². The molecule has 1 saturated heterocycles. The van der Waals surface area contributed by atoms with E-state index in [4.69, 9.17) is 0 Å². The second kappa shape index (κ2) is 8.66. The number of nitrogens with one attached hydrogen (secondary N) is 2. The molecule has 1 aliphatic heterocycles. The van der Waals surface area contributed by atoms with Gasteiger partial charge in [0.2, 0.25) is 11.9 Å². The maximum absolute atomic E-state index is 12.9. The quantitative estimate of drug-likeness (QED) is 0.421. The fourth-order valence-electron chi connectivity index (χ4n) is 3.20. The van der Waals surface area contributed by atoms with E-state index in [0.29, 0.717) is 19.3 Å². The van der Waals surface area contributed by atoms with Gasteiger partial charge in [0.05, 0.1) is 24.3 Å². The van der Waals surface area contributed by atoms with Crippen molar-refractivity contribution < 1.29 is 24.5 Å². The summed E-state index contributed by atoms with van der Waals surface area (Å²) in [5.41, 5.74) is -0.170. The number of halogens is 1. The van der Waals surface area contributed by atoms with E-state index in [2.05, 4.69) is 15.6 Å². The van der Waals surface area contributed by atoms with Gasteiger partial charge in [-0.3, -0.25) is 4.79 Å². The van der Waals surface area contributed by atoms with Gasteiger partial charge in [0, 0.05) is 19.2 Å². The van der Waals surface area contributed by atoms with Crippen LogP contribution < -0.4 is 10.6 Å². The molecule has 0 saturated carbocycles.